The quantitative estimate of drug-likeness (QED) is 0.695. The summed E-state index contributed by atoms with van der Waals surface area (Å²) in [4.78, 5) is 35.1. The molecule has 0 saturated carbocycles. The lowest BCUT2D eigenvalue weighted by Crippen LogP contribution is -2.39. The minimum atomic E-state index is -0.559. The number of hydrogen-bond donors (Lipinski definition) is 1. The number of primary amides is 1. The molecule has 0 bridgehead atoms. The van der Waals surface area contributed by atoms with Crippen LogP contribution in [0.25, 0.3) is 11.3 Å². The molecule has 0 spiro atoms. The zero-order chi connectivity index (χ0) is 22.1. The lowest BCUT2D eigenvalue weighted by molar-refractivity contribution is 0.0697. The molecule has 4 rings (SSSR count). The molecule has 2 aromatic heterocycles. The smallest absolute Gasteiger partial charge is 0.274 e. The van der Waals surface area contributed by atoms with Gasteiger partial charge in [-0.05, 0) is 55.7 Å². The van der Waals surface area contributed by atoms with Crippen LogP contribution in [0.2, 0.25) is 0 Å². The first-order valence-corrected chi connectivity index (χ1v) is 10.1. The Hall–Kier alpha value is -3.62. The van der Waals surface area contributed by atoms with E-state index in [1.807, 2.05) is 0 Å². The molecule has 1 aliphatic heterocycles. The summed E-state index contributed by atoms with van der Waals surface area (Å²) >= 11 is 0. The third-order valence-corrected chi connectivity index (χ3v) is 5.58. The van der Waals surface area contributed by atoms with Gasteiger partial charge in [0.1, 0.15) is 11.6 Å². The van der Waals surface area contributed by atoms with Gasteiger partial charge in [0.05, 0.1) is 17.0 Å². The molecule has 9 heteroatoms. The third-order valence-electron chi connectivity index (χ3n) is 5.58. The van der Waals surface area contributed by atoms with Crippen molar-refractivity contribution in [1.29, 1.82) is 0 Å². The number of nitrogens with two attached hydrogens (primary N) is 1. The number of piperidine rings is 1. The molecule has 3 aromatic rings. The number of likely N-dealkylation sites (tertiary alicyclic amines) is 1. The third kappa shape index (κ3) is 4.16. The first kappa shape index (κ1) is 20.6. The maximum Gasteiger partial charge on any atom is 0.274 e. The Morgan fingerprint density at radius 2 is 1.97 bits per heavy atom. The van der Waals surface area contributed by atoms with Gasteiger partial charge in [-0.3, -0.25) is 14.3 Å². The van der Waals surface area contributed by atoms with Crippen molar-refractivity contribution in [2.24, 2.45) is 12.8 Å². The highest BCUT2D eigenvalue weighted by Crippen LogP contribution is 2.27. The second kappa shape index (κ2) is 8.25. The summed E-state index contributed by atoms with van der Waals surface area (Å²) in [6, 6.07) is 7.80. The van der Waals surface area contributed by atoms with E-state index in [2.05, 4.69) is 15.1 Å². The largest absolute Gasteiger partial charge is 0.365 e. The molecule has 0 radical (unpaired) electrons. The fourth-order valence-corrected chi connectivity index (χ4v) is 3.92. The van der Waals surface area contributed by atoms with Gasteiger partial charge in [-0.25, -0.2) is 14.4 Å². The summed E-state index contributed by atoms with van der Waals surface area (Å²) in [6.45, 7) is 2.81. The maximum atomic E-state index is 13.2. The van der Waals surface area contributed by atoms with Crippen LogP contribution < -0.4 is 5.73 Å². The molecule has 1 atom stereocenters. The molecule has 2 N–H and O–H groups in total. The van der Waals surface area contributed by atoms with Crippen LogP contribution in [0.5, 0.6) is 0 Å². The standard InChI is InChI=1S/C22H23FN6O2/c1-13-17(20(24)30)11-25-21(26-13)15-4-3-9-29(12-15)22(31)18-10-19(28(2)27-18)14-5-7-16(23)8-6-14/h5-8,10-11,15H,3-4,9,12H2,1-2H3,(H2,24,30). The average molecular weight is 422 g/mol. The summed E-state index contributed by atoms with van der Waals surface area (Å²) < 4.78 is 14.8. The van der Waals surface area contributed by atoms with Crippen LogP contribution in [0, 0.1) is 12.7 Å². The number of halogens is 1. The number of aromatic nitrogens is 4. The number of nitrogens with zero attached hydrogens (tertiary/aromatic N) is 5. The SMILES string of the molecule is Cc1nc(C2CCCN(C(=O)c3cc(-c4ccc(F)cc4)n(C)n3)C2)ncc1C(N)=O. The summed E-state index contributed by atoms with van der Waals surface area (Å²) in [6.07, 6.45) is 3.12. The molecule has 1 fully saturated rings. The van der Waals surface area contributed by atoms with Crippen molar-refractivity contribution in [3.8, 4) is 11.3 Å². The van der Waals surface area contributed by atoms with Crippen molar-refractivity contribution in [2.45, 2.75) is 25.7 Å². The predicted molar refractivity (Wildman–Crippen MR) is 112 cm³/mol. The molecule has 160 valence electrons. The Balaban J connectivity index is 1.53. The molecule has 8 nitrogen and oxygen atoms in total. The second-order valence-corrected chi connectivity index (χ2v) is 7.73. The van der Waals surface area contributed by atoms with Crippen LogP contribution in [0.15, 0.2) is 36.5 Å². The number of hydrogen-bond acceptors (Lipinski definition) is 5. The lowest BCUT2D eigenvalue weighted by Gasteiger charge is -2.31. The van der Waals surface area contributed by atoms with Crippen molar-refractivity contribution < 1.29 is 14.0 Å². The van der Waals surface area contributed by atoms with E-state index in [4.69, 9.17) is 5.73 Å². The summed E-state index contributed by atoms with van der Waals surface area (Å²) in [5, 5.41) is 4.38. The van der Waals surface area contributed by atoms with Crippen LogP contribution in [-0.2, 0) is 7.05 Å². The Morgan fingerprint density at radius 3 is 2.65 bits per heavy atom. The Morgan fingerprint density at radius 1 is 1.23 bits per heavy atom. The Labute approximate surface area is 178 Å². The number of aryl methyl sites for hydroxylation is 2. The minimum Gasteiger partial charge on any atom is -0.365 e. The molecule has 1 saturated heterocycles. The molecule has 0 aliphatic carbocycles. The van der Waals surface area contributed by atoms with Crippen LogP contribution in [0.4, 0.5) is 4.39 Å². The van der Waals surface area contributed by atoms with E-state index in [1.54, 1.807) is 41.8 Å². The normalized spacial score (nSPS) is 16.4. The van der Waals surface area contributed by atoms with Crippen LogP contribution in [0.3, 0.4) is 0 Å². The molecule has 2 amide bonds. The highest BCUT2D eigenvalue weighted by atomic mass is 19.1. The molecule has 1 aliphatic rings. The summed E-state index contributed by atoms with van der Waals surface area (Å²) in [5.41, 5.74) is 8.02. The van der Waals surface area contributed by atoms with Gasteiger partial charge in [-0.2, -0.15) is 5.10 Å². The van der Waals surface area contributed by atoms with Crippen molar-refractivity contribution in [1.82, 2.24) is 24.6 Å². The molecule has 3 heterocycles. The van der Waals surface area contributed by atoms with Crippen LogP contribution in [-0.4, -0.2) is 49.6 Å². The van der Waals surface area contributed by atoms with E-state index in [0.29, 0.717) is 35.9 Å². The van der Waals surface area contributed by atoms with Gasteiger partial charge in [0.15, 0.2) is 5.69 Å². The average Bonchev–Trinajstić information content (AvgIpc) is 3.15. The predicted octanol–water partition coefficient (Wildman–Crippen LogP) is 2.44. The maximum absolute atomic E-state index is 13.2. The number of carbonyl (C=O) groups is 2. The van der Waals surface area contributed by atoms with Gasteiger partial charge < -0.3 is 10.6 Å². The van der Waals surface area contributed by atoms with E-state index < -0.39 is 5.91 Å². The number of amides is 2. The molecular formula is C22H23FN6O2. The monoisotopic (exact) mass is 422 g/mol. The summed E-state index contributed by atoms with van der Waals surface area (Å²) in [5.74, 6) is -0.467. The fourth-order valence-electron chi connectivity index (χ4n) is 3.92. The van der Waals surface area contributed by atoms with Crippen molar-refractivity contribution in [3.05, 3.63) is 65.1 Å². The van der Waals surface area contributed by atoms with Gasteiger partial charge in [-0.1, -0.05) is 0 Å². The molecule has 31 heavy (non-hydrogen) atoms. The van der Waals surface area contributed by atoms with Gasteiger partial charge in [0.25, 0.3) is 11.8 Å². The van der Waals surface area contributed by atoms with E-state index >= 15 is 0 Å². The number of rotatable bonds is 4. The number of carbonyl (C=O) groups excluding carboxylic acids is 2. The zero-order valence-electron chi connectivity index (χ0n) is 17.4. The molecule has 1 aromatic carbocycles. The van der Waals surface area contributed by atoms with Crippen molar-refractivity contribution in [2.75, 3.05) is 13.1 Å². The highest BCUT2D eigenvalue weighted by molar-refractivity contribution is 5.94. The lowest BCUT2D eigenvalue weighted by atomic mass is 9.96. The van der Waals surface area contributed by atoms with Gasteiger partial charge >= 0.3 is 0 Å². The second-order valence-electron chi connectivity index (χ2n) is 7.73. The Bertz CT molecular complexity index is 1140. The minimum absolute atomic E-state index is 0.0291. The van der Waals surface area contributed by atoms with Gasteiger partial charge in [0, 0.05) is 32.3 Å². The van der Waals surface area contributed by atoms with E-state index in [9.17, 15) is 14.0 Å². The molecular weight excluding hydrogens is 399 g/mol. The topological polar surface area (TPSA) is 107 Å². The van der Waals surface area contributed by atoms with E-state index in [1.165, 1.54) is 18.3 Å². The zero-order valence-corrected chi connectivity index (χ0v) is 17.4. The summed E-state index contributed by atoms with van der Waals surface area (Å²) in [7, 11) is 1.76. The highest BCUT2D eigenvalue weighted by Gasteiger charge is 2.29. The fraction of sp³-hybridized carbons (Fsp3) is 0.318. The van der Waals surface area contributed by atoms with Gasteiger partial charge in [0.2, 0.25) is 0 Å². The number of benzene rings is 1. The van der Waals surface area contributed by atoms with Crippen LogP contribution in [0.1, 0.15) is 51.1 Å². The van der Waals surface area contributed by atoms with E-state index in [-0.39, 0.29) is 17.6 Å². The van der Waals surface area contributed by atoms with Crippen LogP contribution >= 0.6 is 0 Å². The molecule has 1 unspecified atom stereocenters. The Kier molecular flexibility index (Phi) is 5.50. The van der Waals surface area contributed by atoms with Crippen molar-refractivity contribution >= 4 is 11.8 Å². The van der Waals surface area contributed by atoms with Gasteiger partial charge in [-0.15, -0.1) is 0 Å². The first-order chi connectivity index (χ1) is 14.8. The van der Waals surface area contributed by atoms with Crippen molar-refractivity contribution in [3.63, 3.8) is 0 Å². The van der Waals surface area contributed by atoms with E-state index in [0.717, 1.165) is 24.1 Å². The first-order valence-electron chi connectivity index (χ1n) is 10.1.